The monoisotopic (exact) mass is 304 g/mol. The first-order chi connectivity index (χ1) is 10.0. The summed E-state index contributed by atoms with van der Waals surface area (Å²) in [7, 11) is 0. The molecule has 6 heteroatoms. The van der Waals surface area contributed by atoms with Gasteiger partial charge in [-0.1, -0.05) is 29.8 Å². The molecule has 0 saturated heterocycles. The van der Waals surface area contributed by atoms with Gasteiger partial charge >= 0.3 is 5.97 Å². The Labute approximate surface area is 126 Å². The molecule has 1 amide bonds. The van der Waals surface area contributed by atoms with Crippen molar-refractivity contribution in [3.63, 3.8) is 0 Å². The van der Waals surface area contributed by atoms with Crippen LogP contribution in [-0.4, -0.2) is 17.0 Å². The van der Waals surface area contributed by atoms with Crippen LogP contribution in [0.15, 0.2) is 48.5 Å². The van der Waals surface area contributed by atoms with Crippen LogP contribution in [0.1, 0.15) is 6.42 Å². The second-order valence-corrected chi connectivity index (χ2v) is 4.74. The van der Waals surface area contributed by atoms with Crippen molar-refractivity contribution < 1.29 is 14.7 Å². The van der Waals surface area contributed by atoms with E-state index < -0.39 is 18.3 Å². The Kier molecular flexibility index (Phi) is 4.79. The average molecular weight is 305 g/mol. The van der Waals surface area contributed by atoms with E-state index in [0.717, 1.165) is 5.69 Å². The second-order valence-electron chi connectivity index (χ2n) is 4.30. The van der Waals surface area contributed by atoms with Gasteiger partial charge in [0, 0.05) is 10.7 Å². The highest BCUT2D eigenvalue weighted by Gasteiger charge is 2.11. The number of carboxylic acid groups (broad SMARTS) is 1. The van der Waals surface area contributed by atoms with Gasteiger partial charge in [0.05, 0.1) is 11.4 Å². The van der Waals surface area contributed by atoms with Crippen molar-refractivity contribution in [2.75, 3.05) is 10.6 Å². The number of hydrogen-bond donors (Lipinski definition) is 3. The summed E-state index contributed by atoms with van der Waals surface area (Å²) < 4.78 is 0. The Balaban J connectivity index is 2.21. The van der Waals surface area contributed by atoms with Crippen molar-refractivity contribution in [3.05, 3.63) is 53.6 Å². The van der Waals surface area contributed by atoms with Crippen LogP contribution >= 0.6 is 11.6 Å². The lowest BCUT2D eigenvalue weighted by atomic mass is 10.2. The number of anilines is 3. The molecular weight excluding hydrogens is 292 g/mol. The number of nitrogens with one attached hydrogen (secondary N) is 2. The molecule has 0 aromatic heterocycles. The number of rotatable bonds is 5. The van der Waals surface area contributed by atoms with E-state index in [0.29, 0.717) is 16.4 Å². The molecule has 0 fully saturated rings. The van der Waals surface area contributed by atoms with Gasteiger partial charge in [-0.25, -0.2) is 0 Å². The highest BCUT2D eigenvalue weighted by Crippen LogP contribution is 2.28. The van der Waals surface area contributed by atoms with Crippen molar-refractivity contribution in [3.8, 4) is 0 Å². The fourth-order valence-electron chi connectivity index (χ4n) is 1.74. The molecule has 2 aromatic carbocycles. The highest BCUT2D eigenvalue weighted by atomic mass is 35.5. The smallest absolute Gasteiger partial charge is 0.312 e. The standard InChI is InChI=1S/C15H13ClN2O3/c16-10-6-7-12(18-14(19)9-15(20)21)13(8-10)17-11-4-2-1-3-5-11/h1-8,17H,9H2,(H,18,19)(H,20,21). The molecule has 108 valence electrons. The molecule has 0 heterocycles. The molecule has 0 aliphatic rings. The van der Waals surface area contributed by atoms with Crippen molar-refractivity contribution in [2.24, 2.45) is 0 Å². The molecule has 2 rings (SSSR count). The molecule has 5 nitrogen and oxygen atoms in total. The number of hydrogen-bond acceptors (Lipinski definition) is 3. The average Bonchev–Trinajstić information content (AvgIpc) is 2.42. The molecule has 0 aliphatic heterocycles. The molecule has 0 bridgehead atoms. The number of carboxylic acids is 1. The number of carbonyl (C=O) groups excluding carboxylic acids is 1. The zero-order valence-corrected chi connectivity index (χ0v) is 11.7. The van der Waals surface area contributed by atoms with Gasteiger partial charge in [-0.2, -0.15) is 0 Å². The summed E-state index contributed by atoms with van der Waals surface area (Å²) in [5.74, 6) is -1.78. The zero-order chi connectivity index (χ0) is 15.2. The van der Waals surface area contributed by atoms with Crippen LogP contribution in [0, 0.1) is 0 Å². The Morgan fingerprint density at radius 2 is 1.76 bits per heavy atom. The molecule has 0 atom stereocenters. The fourth-order valence-corrected chi connectivity index (χ4v) is 1.91. The first-order valence-corrected chi connectivity index (χ1v) is 6.55. The predicted molar refractivity (Wildman–Crippen MR) is 82.1 cm³/mol. The largest absolute Gasteiger partial charge is 0.481 e. The third-order valence-electron chi connectivity index (χ3n) is 2.62. The van der Waals surface area contributed by atoms with Gasteiger partial charge in [-0.3, -0.25) is 9.59 Å². The lowest BCUT2D eigenvalue weighted by Gasteiger charge is -2.13. The van der Waals surface area contributed by atoms with E-state index in [1.54, 1.807) is 18.2 Å². The Bertz CT molecular complexity index is 659. The van der Waals surface area contributed by atoms with Crippen LogP contribution < -0.4 is 10.6 Å². The lowest BCUT2D eigenvalue weighted by molar-refractivity contribution is -0.139. The summed E-state index contributed by atoms with van der Waals surface area (Å²) in [5.41, 5.74) is 1.88. The topological polar surface area (TPSA) is 78.4 Å². The van der Waals surface area contributed by atoms with Gasteiger partial charge in [0.2, 0.25) is 5.91 Å². The number of benzene rings is 2. The second kappa shape index (κ2) is 6.76. The molecule has 0 aliphatic carbocycles. The van der Waals surface area contributed by atoms with Gasteiger partial charge in [-0.15, -0.1) is 0 Å². The quantitative estimate of drug-likeness (QED) is 0.739. The number of para-hydroxylation sites is 1. The summed E-state index contributed by atoms with van der Waals surface area (Å²) in [6, 6.07) is 14.3. The molecule has 0 radical (unpaired) electrons. The molecule has 21 heavy (non-hydrogen) atoms. The minimum absolute atomic E-state index is 0.467. The highest BCUT2D eigenvalue weighted by molar-refractivity contribution is 6.31. The fraction of sp³-hybridized carbons (Fsp3) is 0.0667. The molecule has 0 spiro atoms. The van der Waals surface area contributed by atoms with Crippen LogP contribution in [0.3, 0.4) is 0 Å². The number of aliphatic carboxylic acids is 1. The first kappa shape index (κ1) is 14.9. The van der Waals surface area contributed by atoms with E-state index in [1.165, 1.54) is 0 Å². The van der Waals surface area contributed by atoms with Crippen LogP contribution in [0.2, 0.25) is 5.02 Å². The number of halogens is 1. The Morgan fingerprint density at radius 3 is 2.43 bits per heavy atom. The maximum Gasteiger partial charge on any atom is 0.312 e. The van der Waals surface area contributed by atoms with E-state index in [4.69, 9.17) is 16.7 Å². The normalized spacial score (nSPS) is 9.95. The van der Waals surface area contributed by atoms with E-state index >= 15 is 0 Å². The molecule has 2 aromatic rings. The predicted octanol–water partition coefficient (Wildman–Crippen LogP) is 3.50. The van der Waals surface area contributed by atoms with Crippen molar-refractivity contribution >= 4 is 40.5 Å². The van der Waals surface area contributed by atoms with Crippen LogP contribution in [0.4, 0.5) is 17.1 Å². The minimum Gasteiger partial charge on any atom is -0.481 e. The zero-order valence-electron chi connectivity index (χ0n) is 11.0. The SMILES string of the molecule is O=C(O)CC(=O)Nc1ccc(Cl)cc1Nc1ccccc1. The van der Waals surface area contributed by atoms with Crippen molar-refractivity contribution in [1.82, 2.24) is 0 Å². The van der Waals surface area contributed by atoms with Crippen LogP contribution in [0.25, 0.3) is 0 Å². The van der Waals surface area contributed by atoms with Crippen molar-refractivity contribution in [1.29, 1.82) is 0 Å². The third-order valence-corrected chi connectivity index (χ3v) is 2.86. The molecule has 0 saturated carbocycles. The summed E-state index contributed by atoms with van der Waals surface area (Å²) in [5, 5.41) is 14.8. The van der Waals surface area contributed by atoms with Gasteiger partial charge < -0.3 is 15.7 Å². The molecule has 0 unspecified atom stereocenters. The Morgan fingerprint density at radius 1 is 1.05 bits per heavy atom. The maximum absolute atomic E-state index is 11.6. The van der Waals surface area contributed by atoms with Crippen LogP contribution in [0.5, 0.6) is 0 Å². The van der Waals surface area contributed by atoms with Gasteiger partial charge in [0.15, 0.2) is 0 Å². The van der Waals surface area contributed by atoms with Gasteiger partial charge in [-0.05, 0) is 30.3 Å². The summed E-state index contributed by atoms with van der Waals surface area (Å²) in [4.78, 5) is 22.1. The number of amides is 1. The Hall–Kier alpha value is -2.53. The van der Waals surface area contributed by atoms with E-state index in [2.05, 4.69) is 10.6 Å². The van der Waals surface area contributed by atoms with E-state index in [-0.39, 0.29) is 0 Å². The summed E-state index contributed by atoms with van der Waals surface area (Å²) >= 11 is 5.96. The van der Waals surface area contributed by atoms with Crippen molar-refractivity contribution in [2.45, 2.75) is 6.42 Å². The third kappa shape index (κ3) is 4.50. The molecule has 3 N–H and O–H groups in total. The van der Waals surface area contributed by atoms with Crippen LogP contribution in [-0.2, 0) is 9.59 Å². The maximum atomic E-state index is 11.6. The minimum atomic E-state index is -1.18. The summed E-state index contributed by atoms with van der Waals surface area (Å²) in [6.07, 6.45) is -0.590. The summed E-state index contributed by atoms with van der Waals surface area (Å²) in [6.45, 7) is 0. The van der Waals surface area contributed by atoms with E-state index in [9.17, 15) is 9.59 Å². The van der Waals surface area contributed by atoms with Gasteiger partial charge in [0.25, 0.3) is 0 Å². The van der Waals surface area contributed by atoms with Gasteiger partial charge in [0.1, 0.15) is 6.42 Å². The molecular formula is C15H13ClN2O3. The lowest BCUT2D eigenvalue weighted by Crippen LogP contribution is -2.16. The number of carbonyl (C=O) groups is 2. The first-order valence-electron chi connectivity index (χ1n) is 6.18. The van der Waals surface area contributed by atoms with E-state index in [1.807, 2.05) is 30.3 Å².